The highest BCUT2D eigenvalue weighted by molar-refractivity contribution is 14.1. The van der Waals surface area contributed by atoms with Gasteiger partial charge in [-0.25, -0.2) is 0 Å². The molecule has 0 aromatic rings. The number of unbranched alkanes of at least 4 members (excludes halogenated alkanes) is 21. The summed E-state index contributed by atoms with van der Waals surface area (Å²) in [5.41, 5.74) is 0. The van der Waals surface area contributed by atoms with Gasteiger partial charge in [-0.15, -0.1) is 0 Å². The molecule has 32 heavy (non-hydrogen) atoms. The zero-order chi connectivity index (χ0) is 23.6. The fourth-order valence-corrected chi connectivity index (χ4v) is 6.86. The zero-order valence-electron chi connectivity index (χ0n) is 22.1. The van der Waals surface area contributed by atoms with Gasteiger partial charge in [-0.05, 0) is 17.3 Å². The van der Waals surface area contributed by atoms with Crippen molar-refractivity contribution in [3.8, 4) is 0 Å². The van der Waals surface area contributed by atoms with Crippen molar-refractivity contribution >= 4 is 31.4 Å². The molecule has 0 aromatic heterocycles. The topological polar surface area (TPSA) is 27.7 Å². The van der Waals surface area contributed by atoms with Crippen LogP contribution in [0.15, 0.2) is 0 Å². The first-order valence-corrected chi connectivity index (χ1v) is 17.4. The summed E-state index contributed by atoms with van der Waals surface area (Å²) in [6, 6.07) is 0.940. The Hall–Kier alpha value is 0.827. The van der Waals surface area contributed by atoms with E-state index in [0.29, 0.717) is 0 Å². The van der Waals surface area contributed by atoms with Crippen molar-refractivity contribution in [2.45, 2.75) is 147 Å². The van der Waals surface area contributed by atoms with Crippen LogP contribution in [0.2, 0.25) is 6.04 Å². The minimum atomic E-state index is -2.33. The number of alkyl halides is 1. The normalized spacial score (nSPS) is 12.0. The Kier molecular flexibility index (Phi) is 27.1. The van der Waals surface area contributed by atoms with E-state index in [9.17, 15) is 0 Å². The number of rotatable bonds is 27. The van der Waals surface area contributed by atoms with Crippen LogP contribution in [0.5, 0.6) is 0 Å². The maximum Gasteiger partial charge on any atom is 0.500 e. The van der Waals surface area contributed by atoms with Gasteiger partial charge in [0.2, 0.25) is 0 Å². The lowest BCUT2D eigenvalue weighted by atomic mass is 10.0. The second-order valence-electron chi connectivity index (χ2n) is 9.51. The smallest absolute Gasteiger partial charge is 0.377 e. The molecule has 0 N–H and O–H groups in total. The van der Waals surface area contributed by atoms with Crippen molar-refractivity contribution in [3.05, 3.63) is 0 Å². The van der Waals surface area contributed by atoms with Crippen LogP contribution in [0.3, 0.4) is 0 Å². The Morgan fingerprint density at radius 3 is 0.812 bits per heavy atom. The third kappa shape index (κ3) is 21.4. The standard InChI is InChI=1S/C27H57IO3Si/c1-29-32(30-2,31-3)27-25-23-21-19-17-15-13-11-9-7-5-4-6-8-10-12-14-16-18-20-22-24-26-28/h4-27H2,1-3H3. The van der Waals surface area contributed by atoms with Gasteiger partial charge in [0.15, 0.2) is 0 Å². The van der Waals surface area contributed by atoms with Crippen molar-refractivity contribution < 1.29 is 13.3 Å². The third-order valence-electron chi connectivity index (χ3n) is 6.80. The molecule has 0 fully saturated rings. The summed E-state index contributed by atoms with van der Waals surface area (Å²) >= 11 is 2.49. The Morgan fingerprint density at radius 1 is 0.375 bits per heavy atom. The summed E-state index contributed by atoms with van der Waals surface area (Å²) in [7, 11) is 2.78. The van der Waals surface area contributed by atoms with E-state index in [2.05, 4.69) is 22.6 Å². The molecule has 3 nitrogen and oxygen atoms in total. The summed E-state index contributed by atoms with van der Waals surface area (Å²) in [6.07, 6.45) is 31.3. The van der Waals surface area contributed by atoms with Crippen LogP contribution >= 0.6 is 22.6 Å². The maximum absolute atomic E-state index is 5.48. The predicted molar refractivity (Wildman–Crippen MR) is 152 cm³/mol. The molecule has 0 saturated carbocycles. The molecule has 0 radical (unpaired) electrons. The first kappa shape index (κ1) is 32.8. The van der Waals surface area contributed by atoms with Crippen molar-refractivity contribution in [1.82, 2.24) is 0 Å². The van der Waals surface area contributed by atoms with E-state index >= 15 is 0 Å². The molecule has 0 spiro atoms. The van der Waals surface area contributed by atoms with Gasteiger partial charge >= 0.3 is 8.80 Å². The van der Waals surface area contributed by atoms with Crippen molar-refractivity contribution in [2.24, 2.45) is 0 Å². The van der Waals surface area contributed by atoms with Crippen LogP contribution in [0.4, 0.5) is 0 Å². The molecule has 0 amide bonds. The molecule has 0 rings (SSSR count). The van der Waals surface area contributed by atoms with E-state index < -0.39 is 8.80 Å². The monoisotopic (exact) mass is 584 g/mol. The highest BCUT2D eigenvalue weighted by Gasteiger charge is 2.36. The molecule has 0 saturated heterocycles. The summed E-state index contributed by atoms with van der Waals surface area (Å²) in [6.45, 7) is 0. The molecular formula is C27H57IO3Si. The molecule has 0 aliphatic rings. The SMILES string of the molecule is CO[Si](CCCCCCCCCCCCCCCCCCCCCCCCI)(OC)OC. The maximum atomic E-state index is 5.48. The van der Waals surface area contributed by atoms with Crippen LogP contribution in [-0.4, -0.2) is 34.6 Å². The van der Waals surface area contributed by atoms with Crippen LogP contribution in [0, 0.1) is 0 Å². The molecule has 0 aliphatic heterocycles. The fraction of sp³-hybridized carbons (Fsp3) is 1.00. The quantitative estimate of drug-likeness (QED) is 0.0416. The molecule has 0 aromatic carbocycles. The van der Waals surface area contributed by atoms with Gasteiger partial charge in [0, 0.05) is 27.4 Å². The summed E-state index contributed by atoms with van der Waals surface area (Å²) in [4.78, 5) is 0. The minimum Gasteiger partial charge on any atom is -0.377 e. The summed E-state index contributed by atoms with van der Waals surface area (Å²) in [5.74, 6) is 0. The minimum absolute atomic E-state index is 0.940. The molecule has 0 bridgehead atoms. The number of hydrogen-bond acceptors (Lipinski definition) is 3. The van der Waals surface area contributed by atoms with Gasteiger partial charge in [0.05, 0.1) is 0 Å². The van der Waals surface area contributed by atoms with Crippen molar-refractivity contribution in [3.63, 3.8) is 0 Å². The molecule has 194 valence electrons. The predicted octanol–water partition coefficient (Wildman–Crippen LogP) is 9.88. The van der Waals surface area contributed by atoms with Crippen LogP contribution < -0.4 is 0 Å². The second kappa shape index (κ2) is 26.4. The first-order valence-electron chi connectivity index (χ1n) is 14.0. The lowest BCUT2D eigenvalue weighted by Gasteiger charge is -2.24. The molecule has 5 heteroatoms. The fourth-order valence-electron chi connectivity index (χ4n) is 4.53. The average Bonchev–Trinajstić information content (AvgIpc) is 2.82. The van der Waals surface area contributed by atoms with Gasteiger partial charge in [0.1, 0.15) is 0 Å². The molecule has 0 atom stereocenters. The Balaban J connectivity index is 3.15. The van der Waals surface area contributed by atoms with Gasteiger partial charge in [-0.1, -0.05) is 151 Å². The molecule has 0 heterocycles. The van der Waals surface area contributed by atoms with Crippen molar-refractivity contribution in [2.75, 3.05) is 25.8 Å². The van der Waals surface area contributed by atoms with Gasteiger partial charge in [0.25, 0.3) is 0 Å². The summed E-state index contributed by atoms with van der Waals surface area (Å²) < 4.78 is 17.8. The third-order valence-corrected chi connectivity index (χ3v) is 10.4. The Labute approximate surface area is 217 Å². The molecule has 0 aliphatic carbocycles. The van der Waals surface area contributed by atoms with Gasteiger partial charge < -0.3 is 13.3 Å². The van der Waals surface area contributed by atoms with Crippen LogP contribution in [-0.2, 0) is 13.3 Å². The van der Waals surface area contributed by atoms with Gasteiger partial charge in [-0.2, -0.15) is 0 Å². The van der Waals surface area contributed by atoms with Gasteiger partial charge in [-0.3, -0.25) is 0 Å². The Bertz CT molecular complexity index is 346. The van der Waals surface area contributed by atoms with Crippen LogP contribution in [0.1, 0.15) is 141 Å². The van der Waals surface area contributed by atoms with Crippen LogP contribution in [0.25, 0.3) is 0 Å². The van der Waals surface area contributed by atoms with E-state index in [4.69, 9.17) is 13.3 Å². The second-order valence-corrected chi connectivity index (χ2v) is 13.7. The van der Waals surface area contributed by atoms with E-state index in [0.717, 1.165) is 12.5 Å². The molecular weight excluding hydrogens is 527 g/mol. The van der Waals surface area contributed by atoms with Crippen molar-refractivity contribution in [1.29, 1.82) is 0 Å². The lowest BCUT2D eigenvalue weighted by molar-refractivity contribution is 0.122. The highest BCUT2D eigenvalue weighted by Crippen LogP contribution is 2.19. The average molecular weight is 585 g/mol. The number of halogens is 1. The highest BCUT2D eigenvalue weighted by atomic mass is 127. The Morgan fingerprint density at radius 2 is 0.594 bits per heavy atom. The van der Waals surface area contributed by atoms with E-state index in [1.807, 2.05) is 0 Å². The first-order chi connectivity index (χ1) is 15.7. The molecule has 0 unspecified atom stereocenters. The largest absolute Gasteiger partial charge is 0.500 e. The number of hydrogen-bond donors (Lipinski definition) is 0. The summed E-state index contributed by atoms with van der Waals surface area (Å²) in [5, 5.41) is 0. The lowest BCUT2D eigenvalue weighted by Crippen LogP contribution is -2.42. The van der Waals surface area contributed by atoms with E-state index in [1.54, 1.807) is 21.3 Å². The van der Waals surface area contributed by atoms with E-state index in [1.165, 1.54) is 139 Å². The zero-order valence-corrected chi connectivity index (χ0v) is 25.2. The van der Waals surface area contributed by atoms with E-state index in [-0.39, 0.29) is 0 Å².